The number of nitrogens with one attached hydrogen (secondary N) is 4. The van der Waals surface area contributed by atoms with Gasteiger partial charge in [0.25, 0.3) is 5.91 Å². The van der Waals surface area contributed by atoms with E-state index in [1.165, 1.54) is 0 Å². The highest BCUT2D eigenvalue weighted by Gasteiger charge is 2.33. The molecule has 31 heavy (non-hydrogen) atoms. The zero-order valence-electron chi connectivity index (χ0n) is 17.8. The number of hydrogen-bond acceptors (Lipinski definition) is 7. The van der Waals surface area contributed by atoms with Crippen molar-refractivity contribution in [3.8, 4) is 11.4 Å². The number of anilines is 1. The summed E-state index contributed by atoms with van der Waals surface area (Å²) in [5.74, 6) is 2.23. The first-order valence-electron chi connectivity index (χ1n) is 11.0. The predicted molar refractivity (Wildman–Crippen MR) is 120 cm³/mol. The number of fused-ring (bicyclic) bond motifs is 2. The third-order valence-electron chi connectivity index (χ3n) is 6.06. The minimum Gasteiger partial charge on any atom is -0.451 e. The van der Waals surface area contributed by atoms with Crippen LogP contribution in [0.4, 0.5) is 5.82 Å². The molecule has 1 aromatic carbocycles. The third kappa shape index (κ3) is 4.26. The fourth-order valence-corrected chi connectivity index (χ4v) is 4.53. The van der Waals surface area contributed by atoms with E-state index in [0.29, 0.717) is 35.2 Å². The van der Waals surface area contributed by atoms with E-state index in [0.717, 1.165) is 42.6 Å². The second-order valence-corrected chi connectivity index (χ2v) is 8.80. The average Bonchev–Trinajstić information content (AvgIpc) is 3.39. The van der Waals surface area contributed by atoms with Gasteiger partial charge in [0.05, 0.1) is 0 Å². The molecule has 2 aromatic heterocycles. The summed E-state index contributed by atoms with van der Waals surface area (Å²) in [6, 6.07) is 10.5. The van der Waals surface area contributed by atoms with Crippen LogP contribution in [0.15, 0.2) is 40.9 Å². The van der Waals surface area contributed by atoms with Gasteiger partial charge in [0.2, 0.25) is 0 Å². The maximum absolute atomic E-state index is 12.2. The fraction of sp³-hybridized carbons (Fsp3) is 0.435. The van der Waals surface area contributed by atoms with Crippen molar-refractivity contribution in [2.75, 3.05) is 11.9 Å². The number of rotatable bonds is 5. The minimum atomic E-state index is -0.211. The first-order chi connectivity index (χ1) is 15.0. The van der Waals surface area contributed by atoms with Gasteiger partial charge in [0.15, 0.2) is 11.6 Å². The van der Waals surface area contributed by atoms with Crippen LogP contribution in [0.2, 0.25) is 0 Å². The van der Waals surface area contributed by atoms with Gasteiger partial charge >= 0.3 is 0 Å². The molecule has 0 radical (unpaired) electrons. The number of hydrazine groups is 1. The Kier molecular flexibility index (Phi) is 5.33. The maximum Gasteiger partial charge on any atom is 0.287 e. The zero-order chi connectivity index (χ0) is 21.4. The van der Waals surface area contributed by atoms with Gasteiger partial charge in [-0.25, -0.2) is 9.97 Å². The summed E-state index contributed by atoms with van der Waals surface area (Å²) in [6.45, 7) is 4.87. The van der Waals surface area contributed by atoms with Crippen LogP contribution in [0.25, 0.3) is 22.4 Å². The molecule has 8 heteroatoms. The van der Waals surface area contributed by atoms with Crippen LogP contribution in [0, 0.1) is 5.92 Å². The van der Waals surface area contributed by atoms with Crippen molar-refractivity contribution in [3.63, 3.8) is 0 Å². The van der Waals surface area contributed by atoms with Gasteiger partial charge < -0.3 is 15.1 Å². The lowest BCUT2D eigenvalue weighted by Gasteiger charge is -2.31. The molecule has 4 N–H and O–H groups in total. The van der Waals surface area contributed by atoms with Crippen LogP contribution in [0.5, 0.6) is 0 Å². The van der Waals surface area contributed by atoms with E-state index in [2.05, 4.69) is 26.5 Å². The molecule has 2 aliphatic rings. The number of furan rings is 1. The van der Waals surface area contributed by atoms with Gasteiger partial charge in [-0.05, 0) is 57.2 Å². The number of amides is 1. The summed E-state index contributed by atoms with van der Waals surface area (Å²) in [6.07, 6.45) is 5.19. The summed E-state index contributed by atoms with van der Waals surface area (Å²) in [5.41, 5.74) is 8.14. The largest absolute Gasteiger partial charge is 0.451 e. The third-order valence-corrected chi connectivity index (χ3v) is 6.06. The van der Waals surface area contributed by atoms with E-state index >= 15 is 0 Å². The Hall–Kier alpha value is -2.97. The molecule has 3 aromatic rings. The second kappa shape index (κ2) is 8.28. The molecule has 0 bridgehead atoms. The molecule has 3 unspecified atom stereocenters. The standard InChI is InChI=1S/C23H28N6O2/c1-13(2)26-23(30)20-10-14-3-4-15(11-19(14)31-20)22-24-8-7-21(28-22)27-17-5-6-18-16(9-17)12-25-29-18/h3-4,7-8,10-11,13,16-18,25,29H,5-6,9,12H2,1-2H3,(H,26,30)(H,24,27,28). The van der Waals surface area contributed by atoms with Crippen LogP contribution in [-0.2, 0) is 0 Å². The molecule has 1 aliphatic carbocycles. The van der Waals surface area contributed by atoms with Gasteiger partial charge in [-0.1, -0.05) is 12.1 Å². The Balaban J connectivity index is 1.33. The van der Waals surface area contributed by atoms with Crippen molar-refractivity contribution in [2.24, 2.45) is 5.92 Å². The fourth-order valence-electron chi connectivity index (χ4n) is 4.53. The summed E-state index contributed by atoms with van der Waals surface area (Å²) in [5, 5.41) is 7.33. The Morgan fingerprint density at radius 1 is 1.23 bits per heavy atom. The first kappa shape index (κ1) is 20.0. The highest BCUT2D eigenvalue weighted by Crippen LogP contribution is 2.29. The monoisotopic (exact) mass is 420 g/mol. The lowest BCUT2D eigenvalue weighted by molar-refractivity contribution is 0.0917. The Morgan fingerprint density at radius 3 is 3.00 bits per heavy atom. The van der Waals surface area contributed by atoms with Gasteiger partial charge in [-0.15, -0.1) is 0 Å². The number of nitrogens with zero attached hydrogens (tertiary/aromatic N) is 2. The smallest absolute Gasteiger partial charge is 0.287 e. The lowest BCUT2D eigenvalue weighted by Crippen LogP contribution is -2.39. The highest BCUT2D eigenvalue weighted by molar-refractivity contribution is 5.96. The van der Waals surface area contributed by atoms with Crippen molar-refractivity contribution in [3.05, 3.63) is 42.3 Å². The second-order valence-electron chi connectivity index (χ2n) is 8.80. The van der Waals surface area contributed by atoms with E-state index in [9.17, 15) is 4.79 Å². The Labute approximate surface area is 181 Å². The van der Waals surface area contributed by atoms with Gasteiger partial charge in [-0.3, -0.25) is 15.6 Å². The minimum absolute atomic E-state index is 0.0520. The average molecular weight is 421 g/mol. The summed E-state index contributed by atoms with van der Waals surface area (Å²) in [7, 11) is 0. The summed E-state index contributed by atoms with van der Waals surface area (Å²) in [4.78, 5) is 21.4. The number of hydrogen-bond donors (Lipinski definition) is 4. The number of benzene rings is 1. The molecule has 0 spiro atoms. The van der Waals surface area contributed by atoms with Crippen LogP contribution in [0.3, 0.4) is 0 Å². The van der Waals surface area contributed by atoms with Crippen molar-refractivity contribution in [1.82, 2.24) is 26.1 Å². The first-order valence-corrected chi connectivity index (χ1v) is 11.0. The summed E-state index contributed by atoms with van der Waals surface area (Å²) >= 11 is 0. The Morgan fingerprint density at radius 2 is 2.13 bits per heavy atom. The normalized spacial score (nSPS) is 23.1. The number of carbonyl (C=O) groups is 1. The van der Waals surface area contributed by atoms with Crippen molar-refractivity contribution < 1.29 is 9.21 Å². The van der Waals surface area contributed by atoms with Gasteiger partial charge in [0, 0.05) is 41.8 Å². The number of aromatic nitrogens is 2. The lowest BCUT2D eigenvalue weighted by atomic mass is 9.83. The van der Waals surface area contributed by atoms with Crippen LogP contribution >= 0.6 is 0 Å². The van der Waals surface area contributed by atoms with Crippen molar-refractivity contribution in [1.29, 1.82) is 0 Å². The van der Waals surface area contributed by atoms with Crippen LogP contribution in [-0.4, -0.2) is 40.5 Å². The van der Waals surface area contributed by atoms with E-state index in [1.54, 1.807) is 12.3 Å². The van der Waals surface area contributed by atoms with E-state index in [-0.39, 0.29) is 11.9 Å². The molecule has 2 fully saturated rings. The topological polar surface area (TPSA) is 104 Å². The SMILES string of the molecule is CC(C)NC(=O)c1cc2ccc(-c3nccc(NC4CCC5NNCC5C4)n3)cc2o1. The molecular formula is C23H28N6O2. The molecule has 8 nitrogen and oxygen atoms in total. The van der Waals surface area contributed by atoms with Gasteiger partial charge in [0.1, 0.15) is 11.4 Å². The van der Waals surface area contributed by atoms with E-state index in [4.69, 9.17) is 9.40 Å². The molecule has 162 valence electrons. The quantitative estimate of drug-likeness (QED) is 0.503. The number of carbonyl (C=O) groups excluding carboxylic acids is 1. The zero-order valence-corrected chi connectivity index (χ0v) is 17.8. The van der Waals surface area contributed by atoms with Crippen molar-refractivity contribution in [2.45, 2.75) is 51.2 Å². The molecule has 1 saturated heterocycles. The molecule has 3 atom stereocenters. The van der Waals surface area contributed by atoms with Gasteiger partial charge in [-0.2, -0.15) is 0 Å². The molecule has 1 saturated carbocycles. The maximum atomic E-state index is 12.2. The predicted octanol–water partition coefficient (Wildman–Crippen LogP) is 3.09. The van der Waals surface area contributed by atoms with E-state index < -0.39 is 0 Å². The molecule has 1 aliphatic heterocycles. The van der Waals surface area contributed by atoms with Crippen LogP contribution in [0.1, 0.15) is 43.7 Å². The highest BCUT2D eigenvalue weighted by atomic mass is 16.3. The Bertz CT molecular complexity index is 1090. The van der Waals surface area contributed by atoms with E-state index in [1.807, 2.05) is 38.1 Å². The van der Waals surface area contributed by atoms with Crippen molar-refractivity contribution >= 4 is 22.7 Å². The molecular weight excluding hydrogens is 392 g/mol. The molecule has 1 amide bonds. The summed E-state index contributed by atoms with van der Waals surface area (Å²) < 4.78 is 5.79. The van der Waals surface area contributed by atoms with Crippen LogP contribution < -0.4 is 21.5 Å². The molecule has 5 rings (SSSR count). The molecule has 3 heterocycles.